The average Bonchev–Trinajstić information content (AvgIpc) is 3.26. The Morgan fingerprint density at radius 1 is 1.37 bits per heavy atom. The molecule has 1 fully saturated rings. The molecule has 2 amide bonds. The number of nitro groups is 1. The molecule has 3 rings (SSSR count). The van der Waals surface area contributed by atoms with Crippen molar-refractivity contribution in [2.45, 2.75) is 19.9 Å². The minimum absolute atomic E-state index is 0.0000710. The van der Waals surface area contributed by atoms with E-state index < -0.39 is 28.1 Å². The van der Waals surface area contributed by atoms with Gasteiger partial charge in [0, 0.05) is 17.7 Å². The maximum absolute atomic E-state index is 12.6. The normalized spacial score (nSPS) is 16.2. The minimum Gasteiger partial charge on any atom is -0.464 e. The number of thioether (sulfide) groups is 1. The van der Waals surface area contributed by atoms with Crippen LogP contribution in [0.4, 0.5) is 10.5 Å². The minimum atomic E-state index is -1.05. The van der Waals surface area contributed by atoms with Crippen LogP contribution in [0.1, 0.15) is 19.6 Å². The number of hydrogen-bond donors (Lipinski definition) is 0. The van der Waals surface area contributed by atoms with E-state index in [4.69, 9.17) is 20.8 Å². The van der Waals surface area contributed by atoms with E-state index in [2.05, 4.69) is 0 Å². The van der Waals surface area contributed by atoms with Gasteiger partial charge in [-0.2, -0.15) is 0 Å². The third-order valence-corrected chi connectivity index (χ3v) is 5.37. The van der Waals surface area contributed by atoms with Gasteiger partial charge in [0.15, 0.2) is 0 Å². The molecule has 0 radical (unpaired) electrons. The standard InChI is InChI=1S/C19H15ClN2O7S/c1-3-28-18(24)10(2)21-17(23)16(30-19(21)25)9-12-5-7-15(29-12)11-4-6-13(20)14(8-11)22(26)27/h4-10H,3H2,1-2H3/b16-9-. The van der Waals surface area contributed by atoms with Crippen molar-refractivity contribution in [2.75, 3.05) is 6.61 Å². The van der Waals surface area contributed by atoms with Gasteiger partial charge in [-0.25, -0.2) is 4.79 Å². The number of imide groups is 1. The van der Waals surface area contributed by atoms with Crippen molar-refractivity contribution in [1.29, 1.82) is 0 Å². The Bertz CT molecular complexity index is 1080. The number of hydrogen-bond acceptors (Lipinski definition) is 8. The lowest BCUT2D eigenvalue weighted by atomic mass is 10.1. The molecule has 1 saturated heterocycles. The van der Waals surface area contributed by atoms with Crippen LogP contribution in [0.25, 0.3) is 17.4 Å². The summed E-state index contributed by atoms with van der Waals surface area (Å²) in [6, 6.07) is 6.31. The molecular weight excluding hydrogens is 436 g/mol. The Hall–Kier alpha value is -3.11. The predicted molar refractivity (Wildman–Crippen MR) is 110 cm³/mol. The molecule has 1 aromatic heterocycles. The monoisotopic (exact) mass is 450 g/mol. The molecule has 11 heteroatoms. The number of furan rings is 1. The van der Waals surface area contributed by atoms with E-state index in [1.807, 2.05) is 0 Å². The van der Waals surface area contributed by atoms with Crippen molar-refractivity contribution in [3.63, 3.8) is 0 Å². The van der Waals surface area contributed by atoms with E-state index in [9.17, 15) is 24.5 Å². The van der Waals surface area contributed by atoms with Gasteiger partial charge in [-0.3, -0.25) is 24.6 Å². The molecular formula is C19H15ClN2O7S. The molecule has 0 spiro atoms. The highest BCUT2D eigenvalue weighted by Crippen LogP contribution is 2.35. The third-order valence-electron chi connectivity index (χ3n) is 4.17. The number of halogens is 1. The molecule has 156 valence electrons. The second kappa shape index (κ2) is 8.72. The molecule has 1 aromatic carbocycles. The molecule has 1 atom stereocenters. The van der Waals surface area contributed by atoms with Gasteiger partial charge >= 0.3 is 5.97 Å². The SMILES string of the molecule is CCOC(=O)C(C)N1C(=O)S/C(=C\c2ccc(-c3ccc(Cl)c([N+](=O)[O-])c3)o2)C1=O. The zero-order valence-electron chi connectivity index (χ0n) is 15.8. The predicted octanol–water partition coefficient (Wildman–Crippen LogP) is 4.50. The van der Waals surface area contributed by atoms with Gasteiger partial charge < -0.3 is 9.15 Å². The number of nitrogens with zero attached hydrogens (tertiary/aromatic N) is 2. The summed E-state index contributed by atoms with van der Waals surface area (Å²) in [6.45, 7) is 3.17. The smallest absolute Gasteiger partial charge is 0.329 e. The summed E-state index contributed by atoms with van der Waals surface area (Å²) in [6.07, 6.45) is 1.37. The largest absolute Gasteiger partial charge is 0.464 e. The van der Waals surface area contributed by atoms with E-state index in [0.717, 1.165) is 4.90 Å². The Kier molecular flexibility index (Phi) is 6.28. The third kappa shape index (κ3) is 4.24. The van der Waals surface area contributed by atoms with E-state index in [1.54, 1.807) is 25.1 Å². The van der Waals surface area contributed by atoms with Crippen LogP contribution in [0.3, 0.4) is 0 Å². The lowest BCUT2D eigenvalue weighted by molar-refractivity contribution is -0.384. The number of esters is 1. The van der Waals surface area contributed by atoms with Crippen molar-refractivity contribution >= 4 is 52.2 Å². The molecule has 0 N–H and O–H groups in total. The van der Waals surface area contributed by atoms with Crippen LogP contribution in [0, 0.1) is 10.1 Å². The van der Waals surface area contributed by atoms with Gasteiger partial charge in [-0.15, -0.1) is 0 Å². The Morgan fingerprint density at radius 2 is 2.10 bits per heavy atom. The summed E-state index contributed by atoms with van der Waals surface area (Å²) in [5.41, 5.74) is 0.163. The highest BCUT2D eigenvalue weighted by atomic mass is 35.5. The van der Waals surface area contributed by atoms with E-state index in [0.29, 0.717) is 23.1 Å². The molecule has 0 aliphatic carbocycles. The molecule has 1 aliphatic heterocycles. The number of nitro benzene ring substituents is 1. The van der Waals surface area contributed by atoms with E-state index >= 15 is 0 Å². The van der Waals surface area contributed by atoms with Crippen LogP contribution in [0.5, 0.6) is 0 Å². The van der Waals surface area contributed by atoms with Crippen LogP contribution in [0.15, 0.2) is 39.7 Å². The Labute approximate surface area is 179 Å². The van der Waals surface area contributed by atoms with Gasteiger partial charge in [0.25, 0.3) is 16.8 Å². The molecule has 30 heavy (non-hydrogen) atoms. The second-order valence-electron chi connectivity index (χ2n) is 6.11. The number of rotatable bonds is 6. The number of carbonyl (C=O) groups is 3. The van der Waals surface area contributed by atoms with Crippen LogP contribution in [-0.4, -0.2) is 39.6 Å². The quantitative estimate of drug-likeness (QED) is 0.273. The second-order valence-corrected chi connectivity index (χ2v) is 7.51. The van der Waals surface area contributed by atoms with E-state index in [-0.39, 0.29) is 28.0 Å². The molecule has 1 aliphatic rings. The van der Waals surface area contributed by atoms with Gasteiger partial charge in [0.05, 0.1) is 16.4 Å². The van der Waals surface area contributed by atoms with E-state index in [1.165, 1.54) is 25.1 Å². The fraction of sp³-hybridized carbons (Fsp3) is 0.211. The lowest BCUT2D eigenvalue weighted by Crippen LogP contribution is -2.42. The van der Waals surface area contributed by atoms with Crippen molar-refractivity contribution in [2.24, 2.45) is 0 Å². The first-order chi connectivity index (χ1) is 14.2. The summed E-state index contributed by atoms with van der Waals surface area (Å²) in [5, 5.41) is 10.5. The number of ether oxygens (including phenoxy) is 1. The fourth-order valence-electron chi connectivity index (χ4n) is 2.70. The molecule has 2 aromatic rings. The summed E-state index contributed by atoms with van der Waals surface area (Å²) in [5.74, 6) is -0.728. The molecule has 1 unspecified atom stereocenters. The van der Waals surface area contributed by atoms with Crippen molar-refractivity contribution in [3.8, 4) is 11.3 Å². The van der Waals surface area contributed by atoms with Gasteiger partial charge in [-0.05, 0) is 49.9 Å². The summed E-state index contributed by atoms with van der Waals surface area (Å²) >= 11 is 6.49. The number of benzene rings is 1. The van der Waals surface area contributed by atoms with Crippen LogP contribution in [-0.2, 0) is 14.3 Å². The lowest BCUT2D eigenvalue weighted by Gasteiger charge is -2.19. The van der Waals surface area contributed by atoms with Crippen molar-refractivity contribution < 1.29 is 28.5 Å². The number of carbonyl (C=O) groups excluding carboxylic acids is 3. The highest BCUT2D eigenvalue weighted by molar-refractivity contribution is 8.18. The molecule has 0 bridgehead atoms. The van der Waals surface area contributed by atoms with Crippen LogP contribution < -0.4 is 0 Å². The van der Waals surface area contributed by atoms with Gasteiger partial charge in [-0.1, -0.05) is 11.6 Å². The zero-order valence-corrected chi connectivity index (χ0v) is 17.4. The van der Waals surface area contributed by atoms with Crippen LogP contribution in [0.2, 0.25) is 5.02 Å². The summed E-state index contributed by atoms with van der Waals surface area (Å²) in [7, 11) is 0. The van der Waals surface area contributed by atoms with Gasteiger partial charge in [0.1, 0.15) is 22.6 Å². The topological polar surface area (TPSA) is 120 Å². The molecule has 2 heterocycles. The maximum atomic E-state index is 12.6. The molecule has 0 saturated carbocycles. The first-order valence-corrected chi connectivity index (χ1v) is 9.90. The van der Waals surface area contributed by atoms with Gasteiger partial charge in [0.2, 0.25) is 0 Å². The fourth-order valence-corrected chi connectivity index (χ4v) is 3.78. The number of amides is 2. The summed E-state index contributed by atoms with van der Waals surface area (Å²) in [4.78, 5) is 48.0. The first kappa shape index (κ1) is 21.6. The molecule has 9 nitrogen and oxygen atoms in total. The average molecular weight is 451 g/mol. The highest BCUT2D eigenvalue weighted by Gasteiger charge is 2.41. The maximum Gasteiger partial charge on any atom is 0.329 e. The van der Waals surface area contributed by atoms with Crippen molar-refractivity contribution in [3.05, 3.63) is 56.1 Å². The zero-order chi connectivity index (χ0) is 22.0. The van der Waals surface area contributed by atoms with Crippen LogP contribution >= 0.6 is 23.4 Å². The van der Waals surface area contributed by atoms with Crippen molar-refractivity contribution in [1.82, 2.24) is 4.90 Å². The Morgan fingerprint density at radius 3 is 2.77 bits per heavy atom. The summed E-state index contributed by atoms with van der Waals surface area (Å²) < 4.78 is 10.5. The Balaban J connectivity index is 1.84. The first-order valence-electron chi connectivity index (χ1n) is 8.70.